The quantitative estimate of drug-likeness (QED) is 0.694. The van der Waals surface area contributed by atoms with Gasteiger partial charge in [-0.2, -0.15) is 0 Å². The van der Waals surface area contributed by atoms with Gasteiger partial charge in [0, 0.05) is 5.54 Å². The summed E-state index contributed by atoms with van der Waals surface area (Å²) in [6, 6.07) is 7.20. The van der Waals surface area contributed by atoms with Crippen LogP contribution >= 0.6 is 0 Å². The van der Waals surface area contributed by atoms with E-state index >= 15 is 0 Å². The lowest BCUT2D eigenvalue weighted by atomic mass is 9.90. The van der Waals surface area contributed by atoms with Crippen LogP contribution in [-0.2, 0) is 6.42 Å². The van der Waals surface area contributed by atoms with E-state index < -0.39 is 0 Å². The fraction of sp³-hybridized carbons (Fsp3) is 0.500. The maximum atomic E-state index is 9.42. The fourth-order valence-electron chi connectivity index (χ4n) is 2.22. The fourth-order valence-corrected chi connectivity index (χ4v) is 2.22. The Morgan fingerprint density at radius 3 is 2.53 bits per heavy atom. The standard InChI is InChI=1S/C12H17NO2/c14-9-12(6-1-7-13-12)8-10-2-4-11(15)5-3-10/h2-5,13-15H,1,6-9H2. The predicted octanol–water partition coefficient (Wildman–Crippen LogP) is 1.05. The summed E-state index contributed by atoms with van der Waals surface area (Å²) < 4.78 is 0. The number of hydrogen-bond acceptors (Lipinski definition) is 3. The smallest absolute Gasteiger partial charge is 0.115 e. The van der Waals surface area contributed by atoms with E-state index in [1.165, 1.54) is 0 Å². The Bertz CT molecular complexity index is 315. The molecular weight excluding hydrogens is 190 g/mol. The number of hydrogen-bond donors (Lipinski definition) is 3. The number of rotatable bonds is 3. The van der Waals surface area contributed by atoms with Crippen LogP contribution in [0.4, 0.5) is 0 Å². The Hall–Kier alpha value is -1.06. The molecule has 1 fully saturated rings. The second-order valence-electron chi connectivity index (χ2n) is 4.31. The van der Waals surface area contributed by atoms with Gasteiger partial charge in [-0.25, -0.2) is 0 Å². The molecule has 1 aliphatic rings. The zero-order chi connectivity index (χ0) is 10.7. The number of phenols is 1. The molecule has 1 aliphatic heterocycles. The molecule has 3 N–H and O–H groups in total. The van der Waals surface area contributed by atoms with Crippen molar-refractivity contribution in [2.24, 2.45) is 0 Å². The SMILES string of the molecule is OCC1(Cc2ccc(O)cc2)CCCN1. The lowest BCUT2D eigenvalue weighted by Crippen LogP contribution is -2.45. The Balaban J connectivity index is 2.09. The van der Waals surface area contributed by atoms with Crippen molar-refractivity contribution in [1.29, 1.82) is 0 Å². The molecule has 0 bridgehead atoms. The molecule has 1 saturated heterocycles. The first-order valence-electron chi connectivity index (χ1n) is 5.38. The molecule has 0 aliphatic carbocycles. The summed E-state index contributed by atoms with van der Waals surface area (Å²) >= 11 is 0. The Morgan fingerprint density at radius 2 is 2.00 bits per heavy atom. The van der Waals surface area contributed by atoms with Crippen LogP contribution in [0, 0.1) is 0 Å². The lowest BCUT2D eigenvalue weighted by Gasteiger charge is -2.27. The van der Waals surface area contributed by atoms with Crippen LogP contribution in [0.2, 0.25) is 0 Å². The predicted molar refractivity (Wildman–Crippen MR) is 58.9 cm³/mol. The van der Waals surface area contributed by atoms with Crippen molar-refractivity contribution in [3.63, 3.8) is 0 Å². The van der Waals surface area contributed by atoms with Gasteiger partial charge in [0.25, 0.3) is 0 Å². The monoisotopic (exact) mass is 207 g/mol. The third-order valence-electron chi connectivity index (χ3n) is 3.11. The minimum absolute atomic E-state index is 0.142. The molecule has 15 heavy (non-hydrogen) atoms. The van der Waals surface area contributed by atoms with Crippen LogP contribution in [-0.4, -0.2) is 28.9 Å². The van der Waals surface area contributed by atoms with Crippen molar-refractivity contribution < 1.29 is 10.2 Å². The van der Waals surface area contributed by atoms with Crippen LogP contribution in [0.1, 0.15) is 18.4 Å². The van der Waals surface area contributed by atoms with Crippen LogP contribution in [0.15, 0.2) is 24.3 Å². The summed E-state index contributed by atoms with van der Waals surface area (Å²) in [5, 5.41) is 22.0. The zero-order valence-electron chi connectivity index (χ0n) is 8.74. The van der Waals surface area contributed by atoms with Crippen LogP contribution in [0.25, 0.3) is 0 Å². The highest BCUT2D eigenvalue weighted by Crippen LogP contribution is 2.24. The average molecular weight is 207 g/mol. The topological polar surface area (TPSA) is 52.5 Å². The van der Waals surface area contributed by atoms with Gasteiger partial charge in [-0.1, -0.05) is 12.1 Å². The van der Waals surface area contributed by atoms with Gasteiger partial charge in [0.15, 0.2) is 0 Å². The number of aliphatic hydroxyl groups excluding tert-OH is 1. The van der Waals surface area contributed by atoms with E-state index in [1.807, 2.05) is 12.1 Å². The van der Waals surface area contributed by atoms with Gasteiger partial charge in [-0.05, 0) is 43.5 Å². The summed E-state index contributed by atoms with van der Waals surface area (Å²) in [5.74, 6) is 0.288. The average Bonchev–Trinajstić information content (AvgIpc) is 2.71. The molecule has 1 aromatic carbocycles. The van der Waals surface area contributed by atoms with E-state index in [9.17, 15) is 10.2 Å². The van der Waals surface area contributed by atoms with E-state index in [1.54, 1.807) is 12.1 Å². The van der Waals surface area contributed by atoms with Gasteiger partial charge < -0.3 is 15.5 Å². The number of aromatic hydroxyl groups is 1. The Kier molecular flexibility index (Phi) is 2.93. The highest BCUT2D eigenvalue weighted by molar-refractivity contribution is 5.27. The Morgan fingerprint density at radius 1 is 1.27 bits per heavy atom. The number of nitrogens with one attached hydrogen (secondary N) is 1. The molecular formula is C12H17NO2. The van der Waals surface area contributed by atoms with Gasteiger partial charge in [-0.15, -0.1) is 0 Å². The summed E-state index contributed by atoms with van der Waals surface area (Å²) in [6.45, 7) is 1.16. The zero-order valence-corrected chi connectivity index (χ0v) is 8.74. The maximum absolute atomic E-state index is 9.42. The Labute approximate surface area is 89.8 Å². The molecule has 0 radical (unpaired) electrons. The molecule has 82 valence electrons. The van der Waals surface area contributed by atoms with Gasteiger partial charge in [0.2, 0.25) is 0 Å². The van der Waals surface area contributed by atoms with Crippen molar-refractivity contribution in [3.05, 3.63) is 29.8 Å². The van der Waals surface area contributed by atoms with E-state index in [0.29, 0.717) is 0 Å². The largest absolute Gasteiger partial charge is 0.508 e. The second kappa shape index (κ2) is 4.21. The molecule has 3 nitrogen and oxygen atoms in total. The number of phenolic OH excluding ortho intramolecular Hbond substituents is 1. The van der Waals surface area contributed by atoms with Crippen molar-refractivity contribution in [3.8, 4) is 5.75 Å². The normalized spacial score (nSPS) is 25.7. The van der Waals surface area contributed by atoms with E-state index in [0.717, 1.165) is 31.4 Å². The highest BCUT2D eigenvalue weighted by Gasteiger charge is 2.32. The van der Waals surface area contributed by atoms with Gasteiger partial charge in [0.1, 0.15) is 5.75 Å². The van der Waals surface area contributed by atoms with Crippen molar-refractivity contribution in [2.75, 3.05) is 13.2 Å². The lowest BCUT2D eigenvalue weighted by molar-refractivity contribution is 0.177. The van der Waals surface area contributed by atoms with E-state index in [2.05, 4.69) is 5.32 Å². The van der Waals surface area contributed by atoms with Gasteiger partial charge in [0.05, 0.1) is 6.61 Å². The molecule has 1 unspecified atom stereocenters. The molecule has 0 spiro atoms. The molecule has 0 saturated carbocycles. The summed E-state index contributed by atoms with van der Waals surface area (Å²) in [6.07, 6.45) is 2.97. The van der Waals surface area contributed by atoms with E-state index in [-0.39, 0.29) is 17.9 Å². The molecule has 1 atom stereocenters. The van der Waals surface area contributed by atoms with E-state index in [4.69, 9.17) is 0 Å². The van der Waals surface area contributed by atoms with Crippen LogP contribution < -0.4 is 5.32 Å². The van der Waals surface area contributed by atoms with Gasteiger partial charge >= 0.3 is 0 Å². The first-order chi connectivity index (χ1) is 7.24. The molecule has 0 amide bonds. The van der Waals surface area contributed by atoms with Crippen molar-refractivity contribution in [1.82, 2.24) is 5.32 Å². The highest BCUT2D eigenvalue weighted by atomic mass is 16.3. The molecule has 1 heterocycles. The summed E-state index contributed by atoms with van der Waals surface area (Å²) in [7, 11) is 0. The molecule has 3 heteroatoms. The summed E-state index contributed by atoms with van der Waals surface area (Å²) in [5.41, 5.74) is 1.01. The number of benzene rings is 1. The first-order valence-corrected chi connectivity index (χ1v) is 5.38. The minimum atomic E-state index is -0.142. The summed E-state index contributed by atoms with van der Waals surface area (Å²) in [4.78, 5) is 0. The third kappa shape index (κ3) is 2.30. The first kappa shape index (κ1) is 10.5. The second-order valence-corrected chi connectivity index (χ2v) is 4.31. The molecule has 0 aromatic heterocycles. The van der Waals surface area contributed by atoms with Gasteiger partial charge in [-0.3, -0.25) is 0 Å². The van der Waals surface area contributed by atoms with Crippen LogP contribution in [0.5, 0.6) is 5.75 Å². The number of aliphatic hydroxyl groups is 1. The van der Waals surface area contributed by atoms with Crippen LogP contribution in [0.3, 0.4) is 0 Å². The van der Waals surface area contributed by atoms with Crippen molar-refractivity contribution >= 4 is 0 Å². The van der Waals surface area contributed by atoms with Crippen molar-refractivity contribution in [2.45, 2.75) is 24.8 Å². The molecule has 2 rings (SSSR count). The minimum Gasteiger partial charge on any atom is -0.508 e. The maximum Gasteiger partial charge on any atom is 0.115 e. The molecule has 1 aromatic rings. The third-order valence-corrected chi connectivity index (χ3v) is 3.11.